The number of aromatic nitrogens is 3. The highest BCUT2D eigenvalue weighted by Crippen LogP contribution is 2.46. The van der Waals surface area contributed by atoms with E-state index in [0.29, 0.717) is 0 Å². The smallest absolute Gasteiger partial charge is 0.296 e. The first-order valence-corrected chi connectivity index (χ1v) is 9.35. The van der Waals surface area contributed by atoms with Gasteiger partial charge in [0.25, 0.3) is 14.2 Å². The molecule has 0 aliphatic heterocycles. The average molecular weight is 320 g/mol. The zero-order chi connectivity index (χ0) is 15.1. The van der Waals surface area contributed by atoms with Crippen molar-refractivity contribution >= 4 is 19.7 Å². The maximum Gasteiger partial charge on any atom is 0.296 e. The van der Waals surface area contributed by atoms with E-state index < -0.39 is 9.05 Å². The Bertz CT molecular complexity index is 593. The van der Waals surface area contributed by atoms with Crippen LogP contribution < -0.4 is 0 Å². The normalized spacial score (nSPS) is 23.2. The van der Waals surface area contributed by atoms with Crippen LogP contribution in [0.25, 0.3) is 0 Å². The standard InChI is InChI=1S/C13H22ClN3O2S/c1-9(2)17-11(15-16-12(17)20(14,18)19)10-7-5-6-8-13(10,3)4/h9-10H,5-8H2,1-4H3. The molecular weight excluding hydrogens is 298 g/mol. The van der Waals surface area contributed by atoms with Crippen molar-refractivity contribution in [2.24, 2.45) is 5.41 Å². The topological polar surface area (TPSA) is 64.8 Å². The van der Waals surface area contributed by atoms with Crippen LogP contribution in [-0.2, 0) is 9.05 Å². The van der Waals surface area contributed by atoms with E-state index in [2.05, 4.69) is 24.0 Å². The van der Waals surface area contributed by atoms with E-state index in [1.165, 1.54) is 6.42 Å². The lowest BCUT2D eigenvalue weighted by atomic mass is 9.68. The Morgan fingerprint density at radius 2 is 1.95 bits per heavy atom. The van der Waals surface area contributed by atoms with Gasteiger partial charge in [-0.25, -0.2) is 8.42 Å². The Morgan fingerprint density at radius 1 is 1.30 bits per heavy atom. The summed E-state index contributed by atoms with van der Waals surface area (Å²) in [6.07, 6.45) is 4.48. The van der Waals surface area contributed by atoms with Crippen molar-refractivity contribution in [3.63, 3.8) is 0 Å². The second kappa shape index (κ2) is 5.30. The van der Waals surface area contributed by atoms with Crippen molar-refractivity contribution < 1.29 is 8.42 Å². The lowest BCUT2D eigenvalue weighted by Crippen LogP contribution is -2.29. The molecule has 1 fully saturated rings. The van der Waals surface area contributed by atoms with Crippen LogP contribution in [-0.4, -0.2) is 23.2 Å². The van der Waals surface area contributed by atoms with Crippen LogP contribution in [0.15, 0.2) is 5.16 Å². The maximum absolute atomic E-state index is 11.7. The molecule has 1 aromatic heterocycles. The van der Waals surface area contributed by atoms with Gasteiger partial charge in [0.1, 0.15) is 5.82 Å². The summed E-state index contributed by atoms with van der Waals surface area (Å²) >= 11 is 0. The third-order valence-corrected chi connectivity index (χ3v) is 5.37. The Labute approximate surface area is 125 Å². The molecule has 0 amide bonds. The second-order valence-electron chi connectivity index (χ2n) is 6.53. The molecule has 1 aliphatic rings. The van der Waals surface area contributed by atoms with Gasteiger partial charge in [0.2, 0.25) is 0 Å². The van der Waals surface area contributed by atoms with Crippen molar-refractivity contribution in [3.05, 3.63) is 5.82 Å². The van der Waals surface area contributed by atoms with E-state index in [1.807, 2.05) is 13.8 Å². The average Bonchev–Trinajstić information content (AvgIpc) is 2.72. The SMILES string of the molecule is CC(C)n1c(C2CCCCC2(C)C)nnc1S(=O)(=O)Cl. The molecule has 0 bridgehead atoms. The number of nitrogens with zero attached hydrogens (tertiary/aromatic N) is 3. The van der Waals surface area contributed by atoms with Gasteiger partial charge >= 0.3 is 0 Å². The van der Waals surface area contributed by atoms with Gasteiger partial charge in [-0.05, 0) is 32.1 Å². The fourth-order valence-corrected chi connectivity index (χ4v) is 4.14. The lowest BCUT2D eigenvalue weighted by Gasteiger charge is -2.38. The van der Waals surface area contributed by atoms with E-state index >= 15 is 0 Å². The van der Waals surface area contributed by atoms with Gasteiger partial charge in [0.05, 0.1) is 0 Å². The Balaban J connectivity index is 2.55. The molecule has 20 heavy (non-hydrogen) atoms. The molecule has 7 heteroatoms. The summed E-state index contributed by atoms with van der Waals surface area (Å²) in [6, 6.07) is -0.0405. The third-order valence-electron chi connectivity index (χ3n) is 4.24. The predicted octanol–water partition coefficient (Wildman–Crippen LogP) is 3.47. The molecular formula is C13H22ClN3O2S. The monoisotopic (exact) mass is 319 g/mol. The second-order valence-corrected chi connectivity index (χ2v) is 8.99. The summed E-state index contributed by atoms with van der Waals surface area (Å²) in [5.74, 6) is 0.974. The van der Waals surface area contributed by atoms with Crippen LogP contribution in [0, 0.1) is 5.41 Å². The van der Waals surface area contributed by atoms with Gasteiger partial charge in [0.15, 0.2) is 0 Å². The van der Waals surface area contributed by atoms with Crippen molar-refractivity contribution in [3.8, 4) is 0 Å². The largest absolute Gasteiger partial charge is 0.298 e. The Morgan fingerprint density at radius 3 is 2.45 bits per heavy atom. The summed E-state index contributed by atoms with van der Waals surface area (Å²) in [5, 5.41) is 7.88. The summed E-state index contributed by atoms with van der Waals surface area (Å²) in [6.45, 7) is 8.28. The van der Waals surface area contributed by atoms with Crippen LogP contribution in [0.1, 0.15) is 71.2 Å². The van der Waals surface area contributed by atoms with Crippen LogP contribution in [0.4, 0.5) is 0 Å². The molecule has 0 saturated heterocycles. The van der Waals surface area contributed by atoms with E-state index in [1.54, 1.807) is 4.57 Å². The molecule has 0 aromatic carbocycles. The van der Waals surface area contributed by atoms with Gasteiger partial charge in [0, 0.05) is 22.6 Å². The molecule has 1 unspecified atom stereocenters. The molecule has 1 heterocycles. The van der Waals surface area contributed by atoms with Crippen LogP contribution >= 0.6 is 10.7 Å². The highest BCUT2D eigenvalue weighted by Gasteiger charge is 2.38. The molecule has 0 spiro atoms. The molecule has 0 N–H and O–H groups in total. The number of rotatable bonds is 3. The van der Waals surface area contributed by atoms with Gasteiger partial charge in [-0.3, -0.25) is 4.57 Å². The molecule has 0 radical (unpaired) electrons. The van der Waals surface area contributed by atoms with E-state index in [4.69, 9.17) is 10.7 Å². The minimum Gasteiger partial charge on any atom is -0.298 e. The minimum absolute atomic E-state index is 0.0405. The first kappa shape index (κ1) is 15.8. The van der Waals surface area contributed by atoms with E-state index in [0.717, 1.165) is 25.1 Å². The summed E-state index contributed by atoms with van der Waals surface area (Å²) in [7, 11) is 1.61. The van der Waals surface area contributed by atoms with Gasteiger partial charge in [-0.2, -0.15) is 0 Å². The van der Waals surface area contributed by atoms with E-state index in [-0.39, 0.29) is 22.5 Å². The van der Waals surface area contributed by atoms with Gasteiger partial charge in [-0.15, -0.1) is 10.2 Å². The molecule has 1 saturated carbocycles. The third kappa shape index (κ3) is 2.86. The molecule has 5 nitrogen and oxygen atoms in total. The highest BCUT2D eigenvalue weighted by atomic mass is 35.7. The first-order valence-electron chi connectivity index (χ1n) is 7.04. The van der Waals surface area contributed by atoms with Crippen molar-refractivity contribution in [1.29, 1.82) is 0 Å². The highest BCUT2D eigenvalue weighted by molar-refractivity contribution is 8.13. The molecule has 1 atom stereocenters. The number of halogens is 1. The maximum atomic E-state index is 11.7. The Hall–Kier alpha value is -0.620. The summed E-state index contributed by atoms with van der Waals surface area (Å²) in [4.78, 5) is 0. The van der Waals surface area contributed by atoms with Crippen molar-refractivity contribution in [1.82, 2.24) is 14.8 Å². The van der Waals surface area contributed by atoms with E-state index in [9.17, 15) is 8.42 Å². The summed E-state index contributed by atoms with van der Waals surface area (Å²) in [5.41, 5.74) is 0.102. The lowest BCUT2D eigenvalue weighted by molar-refractivity contribution is 0.186. The zero-order valence-corrected chi connectivity index (χ0v) is 14.0. The first-order chi connectivity index (χ1) is 9.14. The molecule has 2 rings (SSSR count). The molecule has 1 aromatic rings. The predicted molar refractivity (Wildman–Crippen MR) is 78.4 cm³/mol. The quantitative estimate of drug-likeness (QED) is 0.800. The zero-order valence-electron chi connectivity index (χ0n) is 12.4. The fourth-order valence-electron chi connectivity index (χ4n) is 3.15. The van der Waals surface area contributed by atoms with Gasteiger partial charge in [-0.1, -0.05) is 26.7 Å². The Kier molecular flexibility index (Phi) is 4.17. The minimum atomic E-state index is -3.87. The number of hydrogen-bond donors (Lipinski definition) is 0. The van der Waals surface area contributed by atoms with Crippen molar-refractivity contribution in [2.45, 2.75) is 70.5 Å². The summed E-state index contributed by atoms with van der Waals surface area (Å²) < 4.78 is 25.0. The van der Waals surface area contributed by atoms with Crippen molar-refractivity contribution in [2.75, 3.05) is 0 Å². The molecule has 114 valence electrons. The fraction of sp³-hybridized carbons (Fsp3) is 0.846. The van der Waals surface area contributed by atoms with Gasteiger partial charge < -0.3 is 0 Å². The van der Waals surface area contributed by atoms with Crippen LogP contribution in [0.3, 0.4) is 0 Å². The van der Waals surface area contributed by atoms with Crippen LogP contribution in [0.5, 0.6) is 0 Å². The number of hydrogen-bond acceptors (Lipinski definition) is 4. The molecule has 1 aliphatic carbocycles. The van der Waals surface area contributed by atoms with Crippen LogP contribution in [0.2, 0.25) is 0 Å².